The number of rotatable bonds is 5. The number of carbonyl (C=O) groups is 2. The van der Waals surface area contributed by atoms with E-state index in [1.807, 2.05) is 31.3 Å². The molecule has 4 aliphatic rings. The van der Waals surface area contributed by atoms with E-state index in [2.05, 4.69) is 21.3 Å². The zero-order valence-corrected chi connectivity index (χ0v) is 18.8. The summed E-state index contributed by atoms with van der Waals surface area (Å²) < 4.78 is 10.4. The van der Waals surface area contributed by atoms with Crippen LogP contribution >= 0.6 is 12.4 Å². The maximum Gasteiger partial charge on any atom is 0.410 e. The Hall–Kier alpha value is -2.68. The number of halogens is 1. The number of aliphatic imine (C=N–C) groups is 1. The smallest absolute Gasteiger partial charge is 0.410 e. The highest BCUT2D eigenvalue weighted by Gasteiger charge is 2.29. The molecule has 0 aromatic heterocycles. The van der Waals surface area contributed by atoms with E-state index < -0.39 is 0 Å². The van der Waals surface area contributed by atoms with E-state index >= 15 is 0 Å². The molecule has 9 heteroatoms. The second kappa shape index (κ2) is 9.44. The first-order valence-electron chi connectivity index (χ1n) is 10.7. The summed E-state index contributed by atoms with van der Waals surface area (Å²) in [7, 11) is 0. The highest BCUT2D eigenvalue weighted by atomic mass is 35.5. The zero-order valence-electron chi connectivity index (χ0n) is 18.0. The minimum atomic E-state index is -0.293. The molecule has 2 fully saturated rings. The molecule has 0 spiro atoms. The Kier molecular flexibility index (Phi) is 6.64. The molecule has 8 nitrogen and oxygen atoms in total. The highest BCUT2D eigenvalue weighted by Crippen LogP contribution is 2.37. The molecule has 0 bridgehead atoms. The van der Waals surface area contributed by atoms with Gasteiger partial charge in [-0.2, -0.15) is 0 Å². The maximum absolute atomic E-state index is 12.8. The summed E-state index contributed by atoms with van der Waals surface area (Å²) in [5.74, 6) is 0.123. The van der Waals surface area contributed by atoms with Gasteiger partial charge in [0.25, 0.3) is 5.91 Å². The summed E-state index contributed by atoms with van der Waals surface area (Å²) >= 11 is 0. The molecule has 170 valence electrons. The number of cyclic esters (lactones) is 1. The normalized spacial score (nSPS) is 24.1. The van der Waals surface area contributed by atoms with Crippen LogP contribution in [0.25, 0.3) is 5.57 Å². The SMILES string of the molecule is C/C(C1=CC(CN2CCOCC2)C=N1)=C1\C(=O)Nc2ccc(CN3CCOC3=O)cc21.Cl. The molecule has 2 saturated heterocycles. The Morgan fingerprint density at radius 3 is 2.75 bits per heavy atom. The van der Waals surface area contributed by atoms with Gasteiger partial charge in [-0.05, 0) is 36.3 Å². The molecule has 1 unspecified atom stereocenters. The topological polar surface area (TPSA) is 83.5 Å². The number of carbonyl (C=O) groups excluding carboxylic acids is 2. The van der Waals surface area contributed by atoms with E-state index in [0.717, 1.165) is 60.9 Å². The molecule has 1 aromatic rings. The molecular formula is C23H27ClN4O4. The lowest BCUT2D eigenvalue weighted by Crippen LogP contribution is -2.39. The van der Waals surface area contributed by atoms with Crippen LogP contribution in [0.4, 0.5) is 10.5 Å². The average molecular weight is 459 g/mol. The Balaban J connectivity index is 0.00000245. The number of allylic oxidation sites excluding steroid dienone is 1. The first-order chi connectivity index (χ1) is 15.1. The Labute approximate surface area is 193 Å². The Morgan fingerprint density at radius 2 is 2.00 bits per heavy atom. The molecule has 32 heavy (non-hydrogen) atoms. The van der Waals surface area contributed by atoms with E-state index in [4.69, 9.17) is 9.47 Å². The molecule has 0 aliphatic carbocycles. The first-order valence-corrected chi connectivity index (χ1v) is 10.7. The summed E-state index contributed by atoms with van der Waals surface area (Å²) in [6.45, 7) is 7.78. The lowest BCUT2D eigenvalue weighted by molar-refractivity contribution is -0.110. The molecular weight excluding hydrogens is 432 g/mol. The standard InChI is InChI=1S/C23H26N4O4.ClH/c1-15(20-11-17(12-24-20)13-26-4-7-30-8-5-26)21-18-10-16(2-3-19(18)25-22(21)28)14-27-6-9-31-23(27)29;/h2-3,10-12,17H,4-9,13-14H2,1H3,(H,25,28);1H/b21-15+;. The van der Waals surface area contributed by atoms with Crippen molar-refractivity contribution in [2.45, 2.75) is 13.5 Å². The lowest BCUT2D eigenvalue weighted by Gasteiger charge is -2.27. The molecule has 1 aromatic carbocycles. The van der Waals surface area contributed by atoms with Crippen molar-refractivity contribution in [2.24, 2.45) is 10.9 Å². The van der Waals surface area contributed by atoms with Gasteiger partial charge in [0, 0.05) is 49.6 Å². The van der Waals surface area contributed by atoms with Crippen LogP contribution in [-0.2, 0) is 20.8 Å². The number of nitrogens with one attached hydrogen (secondary N) is 1. The van der Waals surface area contributed by atoms with Crippen molar-refractivity contribution in [3.05, 3.63) is 46.7 Å². The zero-order chi connectivity index (χ0) is 21.4. The Morgan fingerprint density at radius 1 is 1.19 bits per heavy atom. The van der Waals surface area contributed by atoms with Gasteiger partial charge in [0.15, 0.2) is 0 Å². The number of morpholine rings is 1. The third-order valence-electron chi connectivity index (χ3n) is 6.16. The monoisotopic (exact) mass is 458 g/mol. The number of anilines is 1. The van der Waals surface area contributed by atoms with Crippen LogP contribution in [0.5, 0.6) is 0 Å². The second-order valence-electron chi connectivity index (χ2n) is 8.28. The molecule has 1 atom stereocenters. The van der Waals surface area contributed by atoms with Crippen molar-refractivity contribution in [3.8, 4) is 0 Å². The van der Waals surface area contributed by atoms with E-state index in [0.29, 0.717) is 25.3 Å². The third kappa shape index (κ3) is 4.44. The van der Waals surface area contributed by atoms with Gasteiger partial charge in [-0.1, -0.05) is 6.07 Å². The number of ether oxygens (including phenoxy) is 2. The van der Waals surface area contributed by atoms with Gasteiger partial charge in [0.05, 0.1) is 31.0 Å². The minimum Gasteiger partial charge on any atom is -0.448 e. The molecule has 2 amide bonds. The fourth-order valence-electron chi connectivity index (χ4n) is 4.47. The van der Waals surface area contributed by atoms with Gasteiger partial charge in [0.2, 0.25) is 0 Å². The van der Waals surface area contributed by atoms with E-state index in [1.165, 1.54) is 0 Å². The molecule has 1 N–H and O–H groups in total. The lowest BCUT2D eigenvalue weighted by atomic mass is 9.97. The van der Waals surface area contributed by atoms with E-state index in [-0.39, 0.29) is 30.3 Å². The van der Waals surface area contributed by atoms with Crippen LogP contribution in [0.2, 0.25) is 0 Å². The van der Waals surface area contributed by atoms with E-state index in [9.17, 15) is 9.59 Å². The van der Waals surface area contributed by atoms with Gasteiger partial charge < -0.3 is 19.7 Å². The Bertz CT molecular complexity index is 1010. The van der Waals surface area contributed by atoms with Gasteiger partial charge >= 0.3 is 6.09 Å². The largest absolute Gasteiger partial charge is 0.448 e. The molecule has 4 heterocycles. The number of amides is 2. The summed E-state index contributed by atoms with van der Waals surface area (Å²) in [5, 5.41) is 2.96. The van der Waals surface area contributed by atoms with Crippen molar-refractivity contribution in [2.75, 3.05) is 51.3 Å². The maximum atomic E-state index is 12.8. The van der Waals surface area contributed by atoms with Crippen molar-refractivity contribution < 1.29 is 19.1 Å². The summed E-state index contributed by atoms with van der Waals surface area (Å²) in [6.07, 6.45) is 3.82. The van der Waals surface area contributed by atoms with Crippen molar-refractivity contribution in [1.29, 1.82) is 0 Å². The highest BCUT2D eigenvalue weighted by molar-refractivity contribution is 6.32. The van der Waals surface area contributed by atoms with Crippen molar-refractivity contribution >= 4 is 41.9 Å². The molecule has 4 aliphatic heterocycles. The van der Waals surface area contributed by atoms with Crippen LogP contribution in [-0.4, -0.2) is 74.0 Å². The predicted molar refractivity (Wildman–Crippen MR) is 124 cm³/mol. The minimum absolute atomic E-state index is 0. The van der Waals surface area contributed by atoms with Crippen LogP contribution in [0.15, 0.2) is 40.5 Å². The fraction of sp³-hybridized carbons (Fsp3) is 0.435. The fourth-order valence-corrected chi connectivity index (χ4v) is 4.47. The van der Waals surface area contributed by atoms with Crippen LogP contribution < -0.4 is 5.32 Å². The van der Waals surface area contributed by atoms with Gasteiger partial charge in [0.1, 0.15) is 6.61 Å². The molecule has 5 rings (SSSR count). The number of hydrogen-bond donors (Lipinski definition) is 1. The average Bonchev–Trinajstić information content (AvgIpc) is 3.47. The van der Waals surface area contributed by atoms with Gasteiger partial charge in [-0.15, -0.1) is 12.4 Å². The molecule has 0 saturated carbocycles. The number of nitrogens with zero attached hydrogens (tertiary/aromatic N) is 3. The van der Waals surface area contributed by atoms with E-state index in [1.54, 1.807) is 4.90 Å². The predicted octanol–water partition coefficient (Wildman–Crippen LogP) is 2.70. The van der Waals surface area contributed by atoms with Gasteiger partial charge in [-0.25, -0.2) is 4.79 Å². The summed E-state index contributed by atoms with van der Waals surface area (Å²) in [5.41, 5.74) is 4.99. The number of hydrogen-bond acceptors (Lipinski definition) is 6. The van der Waals surface area contributed by atoms with Crippen LogP contribution in [0.3, 0.4) is 0 Å². The first kappa shape index (κ1) is 22.5. The third-order valence-corrected chi connectivity index (χ3v) is 6.16. The second-order valence-corrected chi connectivity index (χ2v) is 8.28. The van der Waals surface area contributed by atoms with Crippen molar-refractivity contribution in [1.82, 2.24) is 9.80 Å². The summed E-state index contributed by atoms with van der Waals surface area (Å²) in [6, 6.07) is 5.83. The van der Waals surface area contributed by atoms with Crippen LogP contribution in [0.1, 0.15) is 18.1 Å². The number of fused-ring (bicyclic) bond motifs is 1. The quantitative estimate of drug-likeness (QED) is 0.686. The number of benzene rings is 1. The van der Waals surface area contributed by atoms with Crippen molar-refractivity contribution in [3.63, 3.8) is 0 Å². The van der Waals surface area contributed by atoms with Gasteiger partial charge in [-0.3, -0.25) is 14.7 Å². The summed E-state index contributed by atoms with van der Waals surface area (Å²) in [4.78, 5) is 33.2. The molecule has 0 radical (unpaired) electrons. The van der Waals surface area contributed by atoms with Crippen LogP contribution in [0, 0.1) is 5.92 Å².